The lowest BCUT2D eigenvalue weighted by Gasteiger charge is -2.03. The minimum atomic E-state index is 0.664. The van der Waals surface area contributed by atoms with Crippen molar-refractivity contribution in [2.24, 2.45) is 5.10 Å². The molecule has 0 radical (unpaired) electrons. The maximum Gasteiger partial charge on any atom is 0.204 e. The molecule has 0 aliphatic rings. The van der Waals surface area contributed by atoms with Gasteiger partial charge in [-0.1, -0.05) is 0 Å². The summed E-state index contributed by atoms with van der Waals surface area (Å²) in [5.74, 6) is 1.56. The van der Waals surface area contributed by atoms with Gasteiger partial charge < -0.3 is 9.15 Å². The zero-order valence-electron chi connectivity index (χ0n) is 12.9. The highest BCUT2D eigenvalue weighted by Gasteiger charge is 2.09. The van der Waals surface area contributed by atoms with Gasteiger partial charge in [-0.3, -0.25) is 5.43 Å². The Morgan fingerprint density at radius 3 is 2.83 bits per heavy atom. The fraction of sp³-hybridized carbons (Fsp3) is 0.176. The van der Waals surface area contributed by atoms with Crippen LogP contribution >= 0.6 is 11.3 Å². The fourth-order valence-electron chi connectivity index (χ4n) is 2.10. The molecule has 0 amide bonds. The molecule has 1 N–H and O–H groups in total. The average Bonchev–Trinajstić information content (AvgIpc) is 3.19. The summed E-state index contributed by atoms with van der Waals surface area (Å²) >= 11 is 1.56. The first-order valence-electron chi connectivity index (χ1n) is 7.29. The zero-order chi connectivity index (χ0) is 16.1. The highest BCUT2D eigenvalue weighted by Crippen LogP contribution is 2.31. The van der Waals surface area contributed by atoms with E-state index < -0.39 is 0 Å². The molecule has 0 saturated carbocycles. The Bertz CT molecular complexity index is 777. The maximum atomic E-state index is 5.46. The number of aromatic nitrogens is 1. The maximum absolute atomic E-state index is 5.46. The molecule has 6 heteroatoms. The largest absolute Gasteiger partial charge is 0.494 e. The van der Waals surface area contributed by atoms with Gasteiger partial charge in [0, 0.05) is 10.4 Å². The minimum absolute atomic E-state index is 0.664. The van der Waals surface area contributed by atoms with Crippen LogP contribution in [-0.2, 0) is 0 Å². The van der Waals surface area contributed by atoms with Crippen molar-refractivity contribution in [3.8, 4) is 17.0 Å². The highest BCUT2D eigenvalue weighted by atomic mass is 32.1. The smallest absolute Gasteiger partial charge is 0.204 e. The molecule has 0 aliphatic carbocycles. The Kier molecular flexibility index (Phi) is 4.73. The quantitative estimate of drug-likeness (QED) is 0.533. The van der Waals surface area contributed by atoms with Crippen LogP contribution in [0.1, 0.15) is 17.6 Å². The fourth-order valence-corrected chi connectivity index (χ4v) is 2.89. The van der Waals surface area contributed by atoms with Crippen LogP contribution in [0.4, 0.5) is 5.13 Å². The van der Waals surface area contributed by atoms with Crippen LogP contribution in [0.25, 0.3) is 11.3 Å². The van der Waals surface area contributed by atoms with E-state index in [1.807, 2.05) is 50.2 Å². The van der Waals surface area contributed by atoms with Crippen molar-refractivity contribution in [1.82, 2.24) is 4.98 Å². The number of hydrazone groups is 1. The normalized spacial score (nSPS) is 11.0. The molecule has 23 heavy (non-hydrogen) atoms. The van der Waals surface area contributed by atoms with Crippen molar-refractivity contribution < 1.29 is 9.15 Å². The first-order chi connectivity index (χ1) is 11.3. The summed E-state index contributed by atoms with van der Waals surface area (Å²) in [6.07, 6.45) is 3.23. The Morgan fingerprint density at radius 1 is 1.30 bits per heavy atom. The van der Waals surface area contributed by atoms with Gasteiger partial charge in [0.25, 0.3) is 0 Å². The van der Waals surface area contributed by atoms with E-state index in [-0.39, 0.29) is 0 Å². The van der Waals surface area contributed by atoms with E-state index in [4.69, 9.17) is 9.15 Å². The summed E-state index contributed by atoms with van der Waals surface area (Å²) in [6, 6.07) is 11.6. The predicted molar refractivity (Wildman–Crippen MR) is 93.4 cm³/mol. The molecule has 0 unspecified atom stereocenters. The van der Waals surface area contributed by atoms with Crippen molar-refractivity contribution >= 4 is 22.7 Å². The number of furan rings is 1. The van der Waals surface area contributed by atoms with Crippen LogP contribution in [0.5, 0.6) is 5.75 Å². The van der Waals surface area contributed by atoms with Gasteiger partial charge in [-0.25, -0.2) is 4.98 Å². The Hall–Kier alpha value is -2.60. The molecule has 0 bridgehead atoms. The molecule has 2 aromatic heterocycles. The monoisotopic (exact) mass is 327 g/mol. The van der Waals surface area contributed by atoms with Gasteiger partial charge in [-0.2, -0.15) is 5.10 Å². The van der Waals surface area contributed by atoms with Crippen LogP contribution in [-0.4, -0.2) is 17.8 Å². The second kappa shape index (κ2) is 7.11. The predicted octanol–water partition coefficient (Wildman–Crippen LogP) is 4.56. The number of nitrogens with zero attached hydrogens (tertiary/aromatic N) is 2. The highest BCUT2D eigenvalue weighted by molar-refractivity contribution is 7.15. The molecule has 3 aromatic rings. The van der Waals surface area contributed by atoms with Gasteiger partial charge in [0.15, 0.2) is 0 Å². The molecule has 0 atom stereocenters. The summed E-state index contributed by atoms with van der Waals surface area (Å²) in [4.78, 5) is 5.73. The molecular weight excluding hydrogens is 310 g/mol. The second-order valence-electron chi connectivity index (χ2n) is 4.77. The second-order valence-corrected chi connectivity index (χ2v) is 5.97. The molecule has 5 nitrogen and oxygen atoms in total. The molecule has 0 fully saturated rings. The topological polar surface area (TPSA) is 59.6 Å². The van der Waals surface area contributed by atoms with Gasteiger partial charge in [0.2, 0.25) is 5.13 Å². The van der Waals surface area contributed by atoms with Crippen molar-refractivity contribution in [3.05, 3.63) is 53.3 Å². The summed E-state index contributed by atoms with van der Waals surface area (Å²) in [7, 11) is 0. The van der Waals surface area contributed by atoms with E-state index in [2.05, 4.69) is 15.5 Å². The minimum Gasteiger partial charge on any atom is -0.494 e. The number of hydrogen-bond donors (Lipinski definition) is 1. The van der Waals surface area contributed by atoms with Crippen molar-refractivity contribution in [2.45, 2.75) is 13.8 Å². The molecular formula is C17H17N3O2S. The standard InChI is InChI=1S/C17H17N3O2S/c1-3-21-14-8-6-13(7-9-14)16-12(2)23-17(19-16)20-18-11-15-5-4-10-22-15/h4-11H,3H2,1-2H3,(H,19,20)/b18-11-. The Balaban J connectivity index is 1.72. The summed E-state index contributed by atoms with van der Waals surface area (Å²) in [6.45, 7) is 4.68. The van der Waals surface area contributed by atoms with E-state index in [0.29, 0.717) is 12.4 Å². The molecule has 118 valence electrons. The summed E-state index contributed by atoms with van der Waals surface area (Å²) in [5.41, 5.74) is 4.95. The Morgan fingerprint density at radius 2 is 2.13 bits per heavy atom. The number of hydrogen-bond acceptors (Lipinski definition) is 6. The number of anilines is 1. The summed E-state index contributed by atoms with van der Waals surface area (Å²) in [5, 5.41) is 4.87. The molecule has 0 spiro atoms. The molecule has 0 saturated heterocycles. The molecule has 2 heterocycles. The third kappa shape index (κ3) is 3.78. The van der Waals surface area contributed by atoms with E-state index in [9.17, 15) is 0 Å². The lowest BCUT2D eigenvalue weighted by molar-refractivity contribution is 0.340. The number of thiazole rings is 1. The van der Waals surface area contributed by atoms with Gasteiger partial charge in [-0.15, -0.1) is 11.3 Å². The number of benzene rings is 1. The van der Waals surface area contributed by atoms with Crippen LogP contribution in [0, 0.1) is 6.92 Å². The lowest BCUT2D eigenvalue weighted by Crippen LogP contribution is -1.91. The van der Waals surface area contributed by atoms with Gasteiger partial charge >= 0.3 is 0 Å². The number of nitrogens with one attached hydrogen (secondary N) is 1. The number of aryl methyl sites for hydroxylation is 1. The van der Waals surface area contributed by atoms with E-state index in [0.717, 1.165) is 27.0 Å². The van der Waals surface area contributed by atoms with Gasteiger partial charge in [-0.05, 0) is 50.2 Å². The third-order valence-corrected chi connectivity index (χ3v) is 4.01. The van der Waals surface area contributed by atoms with Crippen molar-refractivity contribution in [3.63, 3.8) is 0 Å². The van der Waals surface area contributed by atoms with Crippen LogP contribution in [0.2, 0.25) is 0 Å². The van der Waals surface area contributed by atoms with Crippen molar-refractivity contribution in [2.75, 3.05) is 12.0 Å². The van der Waals surface area contributed by atoms with Crippen LogP contribution in [0.3, 0.4) is 0 Å². The SMILES string of the molecule is CCOc1ccc(-c2nc(N/N=C\c3ccco3)sc2C)cc1. The average molecular weight is 327 g/mol. The zero-order valence-corrected chi connectivity index (χ0v) is 13.8. The van der Waals surface area contributed by atoms with Gasteiger partial charge in [0.05, 0.1) is 24.8 Å². The van der Waals surface area contributed by atoms with Gasteiger partial charge in [0.1, 0.15) is 11.5 Å². The number of ether oxygens (including phenoxy) is 1. The molecule has 1 aromatic carbocycles. The van der Waals surface area contributed by atoms with E-state index in [1.165, 1.54) is 0 Å². The first-order valence-corrected chi connectivity index (χ1v) is 8.11. The molecule has 0 aliphatic heterocycles. The van der Waals surface area contributed by atoms with Crippen LogP contribution in [0.15, 0.2) is 52.2 Å². The third-order valence-electron chi connectivity index (χ3n) is 3.13. The first kappa shape index (κ1) is 15.3. The van der Waals surface area contributed by atoms with Crippen molar-refractivity contribution in [1.29, 1.82) is 0 Å². The lowest BCUT2D eigenvalue weighted by atomic mass is 10.1. The van der Waals surface area contributed by atoms with E-state index >= 15 is 0 Å². The van der Waals surface area contributed by atoms with E-state index in [1.54, 1.807) is 23.8 Å². The molecule has 3 rings (SSSR count). The summed E-state index contributed by atoms with van der Waals surface area (Å²) < 4.78 is 10.6. The van der Waals surface area contributed by atoms with Crippen LogP contribution < -0.4 is 10.2 Å². The Labute approximate surface area is 138 Å². The number of rotatable bonds is 6.